The van der Waals surface area contributed by atoms with Crippen LogP contribution in [0.15, 0.2) is 42.5 Å². The monoisotopic (exact) mass is 237 g/mol. The molecule has 2 aromatic carbocycles. The highest BCUT2D eigenvalue weighted by Gasteiger charge is 1.96. The van der Waals surface area contributed by atoms with Crippen LogP contribution in [0.1, 0.15) is 11.4 Å². The summed E-state index contributed by atoms with van der Waals surface area (Å²) >= 11 is 0. The number of nitrogens with zero attached hydrogens (tertiary/aromatic N) is 1. The molecule has 0 fully saturated rings. The van der Waals surface area contributed by atoms with Crippen LogP contribution < -0.4 is 0 Å². The van der Waals surface area contributed by atoms with Crippen LogP contribution in [0.3, 0.4) is 0 Å². The molecule has 0 spiro atoms. The summed E-state index contributed by atoms with van der Waals surface area (Å²) in [7, 11) is 0. The number of aromatic amines is 2. The highest BCUT2D eigenvalue weighted by atomic mass is 14.9. The van der Waals surface area contributed by atoms with Crippen molar-refractivity contribution in [3.05, 3.63) is 53.9 Å². The van der Waals surface area contributed by atoms with Crippen LogP contribution in [0, 0.1) is 13.8 Å². The van der Waals surface area contributed by atoms with Gasteiger partial charge in [-0.3, -0.25) is 0 Å². The predicted molar refractivity (Wildman–Crippen MR) is 75.1 cm³/mol. The van der Waals surface area contributed by atoms with E-state index in [2.05, 4.69) is 40.1 Å². The Labute approximate surface area is 105 Å². The number of aryl methyl sites for hydroxylation is 2. The van der Waals surface area contributed by atoms with E-state index in [1.807, 2.05) is 31.2 Å². The lowest BCUT2D eigenvalue weighted by atomic mass is 10.2. The summed E-state index contributed by atoms with van der Waals surface area (Å²) in [6.07, 6.45) is 0. The van der Waals surface area contributed by atoms with Crippen molar-refractivity contribution in [3.8, 4) is 0 Å². The van der Waals surface area contributed by atoms with Crippen molar-refractivity contribution in [2.24, 2.45) is 0 Å². The van der Waals surface area contributed by atoms with Gasteiger partial charge in [0.1, 0.15) is 5.82 Å². The molecule has 0 bridgehead atoms. The summed E-state index contributed by atoms with van der Waals surface area (Å²) in [6.45, 7) is 4.06. The van der Waals surface area contributed by atoms with Crippen molar-refractivity contribution < 1.29 is 0 Å². The van der Waals surface area contributed by atoms with Crippen molar-refractivity contribution in [2.45, 2.75) is 13.8 Å². The number of para-hydroxylation sites is 2. The maximum absolute atomic E-state index is 4.58. The third-order valence-electron chi connectivity index (χ3n) is 2.95. The molecular formula is C15H15N3. The Morgan fingerprint density at radius 1 is 0.833 bits per heavy atom. The van der Waals surface area contributed by atoms with E-state index in [0.29, 0.717) is 0 Å². The maximum Gasteiger partial charge on any atom is 0.104 e. The number of nitrogens with one attached hydrogen (secondary N) is 2. The Bertz CT molecular complexity index is 764. The molecule has 0 atom stereocenters. The Hall–Kier alpha value is -2.29. The zero-order valence-electron chi connectivity index (χ0n) is 10.5. The van der Waals surface area contributed by atoms with Gasteiger partial charge in [0.05, 0.1) is 22.1 Å². The first kappa shape index (κ1) is 10.8. The fraction of sp³-hybridized carbons (Fsp3) is 0.133. The van der Waals surface area contributed by atoms with Crippen LogP contribution in [0.4, 0.5) is 0 Å². The van der Waals surface area contributed by atoms with Crippen LogP contribution in [0.25, 0.3) is 22.1 Å². The second kappa shape index (κ2) is 4.18. The van der Waals surface area contributed by atoms with Crippen molar-refractivity contribution in [2.75, 3.05) is 0 Å². The molecule has 90 valence electrons. The van der Waals surface area contributed by atoms with Crippen LogP contribution in [-0.4, -0.2) is 15.0 Å². The zero-order valence-corrected chi connectivity index (χ0v) is 10.5. The minimum atomic E-state index is 0.897. The SMILES string of the molecule is Cc1ccc2nc(C)[nH]c3ccccc3[nH]c2c1. The topological polar surface area (TPSA) is 44.5 Å². The molecule has 3 rings (SSSR count). The van der Waals surface area contributed by atoms with Gasteiger partial charge in [-0.05, 0) is 43.7 Å². The van der Waals surface area contributed by atoms with Crippen LogP contribution in [0.2, 0.25) is 0 Å². The van der Waals surface area contributed by atoms with Crippen LogP contribution >= 0.6 is 0 Å². The zero-order chi connectivity index (χ0) is 12.5. The van der Waals surface area contributed by atoms with E-state index in [1.165, 1.54) is 5.56 Å². The Morgan fingerprint density at radius 3 is 2.33 bits per heavy atom. The van der Waals surface area contributed by atoms with Gasteiger partial charge in [0.25, 0.3) is 0 Å². The third-order valence-corrected chi connectivity index (χ3v) is 2.95. The average Bonchev–Trinajstić information content (AvgIpc) is 2.33. The summed E-state index contributed by atoms with van der Waals surface area (Å²) in [5.41, 5.74) is 5.34. The highest BCUT2D eigenvalue weighted by molar-refractivity contribution is 5.81. The van der Waals surface area contributed by atoms with Crippen LogP contribution in [-0.2, 0) is 0 Å². The van der Waals surface area contributed by atoms with Crippen molar-refractivity contribution in [1.29, 1.82) is 0 Å². The molecule has 3 nitrogen and oxygen atoms in total. The molecule has 3 aromatic rings. The van der Waals surface area contributed by atoms with Gasteiger partial charge in [0.15, 0.2) is 0 Å². The Balaban J connectivity index is 2.53. The van der Waals surface area contributed by atoms with E-state index in [1.54, 1.807) is 0 Å². The lowest BCUT2D eigenvalue weighted by molar-refractivity contribution is 1.12. The minimum absolute atomic E-state index is 0.897. The molecule has 0 aliphatic rings. The van der Waals surface area contributed by atoms with Gasteiger partial charge < -0.3 is 9.97 Å². The van der Waals surface area contributed by atoms with Crippen molar-refractivity contribution in [3.63, 3.8) is 0 Å². The number of benzene rings is 2. The van der Waals surface area contributed by atoms with E-state index in [0.717, 1.165) is 27.9 Å². The molecule has 0 aliphatic carbocycles. The summed E-state index contributed by atoms with van der Waals surface area (Å²) in [4.78, 5) is 11.3. The standard InChI is InChI=1S/C15H15N3/c1-10-7-8-14-15(9-10)18-13-6-4-3-5-12(13)16-11(2)17-14/h3-9,18H,1-2H3,(H,16,17). The van der Waals surface area contributed by atoms with E-state index >= 15 is 0 Å². The quantitative estimate of drug-likeness (QED) is 0.614. The third kappa shape index (κ3) is 1.95. The summed E-state index contributed by atoms with van der Waals surface area (Å²) < 4.78 is 0. The first-order valence-electron chi connectivity index (χ1n) is 6.01. The molecule has 1 heterocycles. The number of aromatic nitrogens is 3. The Morgan fingerprint density at radius 2 is 1.56 bits per heavy atom. The number of hydrogen-bond donors (Lipinski definition) is 2. The van der Waals surface area contributed by atoms with E-state index in [4.69, 9.17) is 0 Å². The lowest BCUT2D eigenvalue weighted by Gasteiger charge is -2.02. The highest BCUT2D eigenvalue weighted by Crippen LogP contribution is 2.13. The van der Waals surface area contributed by atoms with Gasteiger partial charge >= 0.3 is 0 Å². The fourth-order valence-electron chi connectivity index (χ4n) is 2.10. The average molecular weight is 237 g/mol. The Kier molecular flexibility index (Phi) is 2.52. The normalized spacial score (nSPS) is 10.8. The van der Waals surface area contributed by atoms with Gasteiger partial charge in [-0.15, -0.1) is 0 Å². The first-order valence-corrected chi connectivity index (χ1v) is 6.01. The smallest absolute Gasteiger partial charge is 0.104 e. The molecule has 18 heavy (non-hydrogen) atoms. The van der Waals surface area contributed by atoms with Gasteiger partial charge in [-0.2, -0.15) is 0 Å². The van der Waals surface area contributed by atoms with Gasteiger partial charge in [-0.1, -0.05) is 18.2 Å². The van der Waals surface area contributed by atoms with Crippen molar-refractivity contribution >= 4 is 22.1 Å². The fourth-order valence-corrected chi connectivity index (χ4v) is 2.10. The summed E-state index contributed by atoms with van der Waals surface area (Å²) in [5, 5.41) is 0. The van der Waals surface area contributed by atoms with Gasteiger partial charge in [0, 0.05) is 0 Å². The molecule has 0 unspecified atom stereocenters. The molecule has 1 aromatic heterocycles. The van der Waals surface area contributed by atoms with E-state index in [-0.39, 0.29) is 0 Å². The molecule has 0 aliphatic heterocycles. The second-order valence-corrected chi connectivity index (χ2v) is 4.51. The number of fused-ring (bicyclic) bond motifs is 2. The van der Waals surface area contributed by atoms with Crippen LogP contribution in [0.5, 0.6) is 0 Å². The van der Waals surface area contributed by atoms with E-state index < -0.39 is 0 Å². The molecule has 0 saturated carbocycles. The number of H-pyrrole nitrogens is 2. The number of hydrogen-bond acceptors (Lipinski definition) is 1. The number of rotatable bonds is 0. The molecular weight excluding hydrogens is 222 g/mol. The largest absolute Gasteiger partial charge is 0.352 e. The predicted octanol–water partition coefficient (Wildman–Crippen LogP) is 3.79. The summed E-state index contributed by atoms with van der Waals surface area (Å²) in [6, 6.07) is 14.4. The van der Waals surface area contributed by atoms with Crippen molar-refractivity contribution in [1.82, 2.24) is 15.0 Å². The molecule has 2 N–H and O–H groups in total. The van der Waals surface area contributed by atoms with E-state index in [9.17, 15) is 0 Å². The molecule has 0 radical (unpaired) electrons. The van der Waals surface area contributed by atoms with Gasteiger partial charge in [-0.25, -0.2) is 4.98 Å². The maximum atomic E-state index is 4.58. The molecule has 3 heteroatoms. The van der Waals surface area contributed by atoms with Gasteiger partial charge in [0.2, 0.25) is 0 Å². The lowest BCUT2D eigenvalue weighted by Crippen LogP contribution is -1.89. The minimum Gasteiger partial charge on any atom is -0.352 e. The molecule has 0 amide bonds. The second-order valence-electron chi connectivity index (χ2n) is 4.51. The molecule has 0 saturated heterocycles. The summed E-state index contributed by atoms with van der Waals surface area (Å²) in [5.74, 6) is 0.897. The first-order chi connectivity index (χ1) is 8.72.